The molecule has 1 aliphatic rings. The van der Waals surface area contributed by atoms with Gasteiger partial charge in [-0.25, -0.2) is 4.98 Å². The van der Waals surface area contributed by atoms with Gasteiger partial charge in [-0.2, -0.15) is 0 Å². The second-order valence-corrected chi connectivity index (χ2v) is 5.90. The first kappa shape index (κ1) is 14.4. The summed E-state index contributed by atoms with van der Waals surface area (Å²) in [5.74, 6) is 0.882. The number of piperidine rings is 1. The third kappa shape index (κ3) is 3.36. The number of nitrogens with zero attached hydrogens (tertiary/aromatic N) is 3. The SMILES string of the molecule is COC1(C)CCN(CCOc2ccn3ccnc3c2)CC1. The zero-order chi connectivity index (χ0) is 14.7. The van der Waals surface area contributed by atoms with Gasteiger partial charge in [0.15, 0.2) is 0 Å². The molecule has 1 saturated heterocycles. The van der Waals surface area contributed by atoms with Crippen LogP contribution in [0.25, 0.3) is 5.65 Å². The molecule has 0 unspecified atom stereocenters. The average molecular weight is 289 g/mol. The van der Waals surface area contributed by atoms with Gasteiger partial charge in [0.1, 0.15) is 18.0 Å². The summed E-state index contributed by atoms with van der Waals surface area (Å²) in [4.78, 5) is 6.70. The summed E-state index contributed by atoms with van der Waals surface area (Å²) in [7, 11) is 1.81. The molecule has 2 aromatic rings. The minimum atomic E-state index is 0.0586. The minimum Gasteiger partial charge on any atom is -0.492 e. The minimum absolute atomic E-state index is 0.0586. The second kappa shape index (κ2) is 6.03. The van der Waals surface area contributed by atoms with Crippen molar-refractivity contribution >= 4 is 5.65 Å². The van der Waals surface area contributed by atoms with E-state index in [4.69, 9.17) is 9.47 Å². The molecule has 5 nitrogen and oxygen atoms in total. The summed E-state index contributed by atoms with van der Waals surface area (Å²) in [6.07, 6.45) is 7.87. The Morgan fingerprint density at radius 3 is 2.86 bits per heavy atom. The van der Waals surface area contributed by atoms with E-state index in [1.54, 1.807) is 6.20 Å². The maximum absolute atomic E-state index is 5.84. The molecule has 1 fully saturated rings. The molecule has 0 aliphatic carbocycles. The lowest BCUT2D eigenvalue weighted by Gasteiger charge is -2.38. The van der Waals surface area contributed by atoms with Crippen molar-refractivity contribution in [1.82, 2.24) is 14.3 Å². The molecule has 0 spiro atoms. The fraction of sp³-hybridized carbons (Fsp3) is 0.562. The monoisotopic (exact) mass is 289 g/mol. The number of ether oxygens (including phenoxy) is 2. The number of aromatic nitrogens is 2. The predicted octanol–water partition coefficient (Wildman–Crippen LogP) is 2.21. The van der Waals surface area contributed by atoms with Gasteiger partial charge in [0.25, 0.3) is 0 Å². The molecule has 3 heterocycles. The highest BCUT2D eigenvalue weighted by Gasteiger charge is 2.29. The number of rotatable bonds is 5. The smallest absolute Gasteiger partial charge is 0.140 e. The Bertz CT molecular complexity index is 588. The van der Waals surface area contributed by atoms with E-state index in [1.807, 2.05) is 36.0 Å². The zero-order valence-corrected chi connectivity index (χ0v) is 12.8. The van der Waals surface area contributed by atoms with Crippen molar-refractivity contribution in [3.8, 4) is 5.75 Å². The standard InChI is InChI=1S/C16H23N3O2/c1-16(20-2)4-8-18(9-5-16)11-12-21-14-3-7-19-10-6-17-15(19)13-14/h3,6-7,10,13H,4-5,8-9,11-12H2,1-2H3. The van der Waals surface area contributed by atoms with E-state index in [0.717, 1.165) is 43.9 Å². The summed E-state index contributed by atoms with van der Waals surface area (Å²) < 4.78 is 13.4. The van der Waals surface area contributed by atoms with Gasteiger partial charge in [0.05, 0.1) is 5.60 Å². The molecule has 21 heavy (non-hydrogen) atoms. The summed E-state index contributed by atoms with van der Waals surface area (Å²) in [5, 5.41) is 0. The van der Waals surface area contributed by atoms with Crippen LogP contribution in [0.5, 0.6) is 5.75 Å². The highest BCUT2D eigenvalue weighted by Crippen LogP contribution is 2.24. The lowest BCUT2D eigenvalue weighted by Crippen LogP contribution is -2.44. The van der Waals surface area contributed by atoms with Crippen LogP contribution in [0.2, 0.25) is 0 Å². The van der Waals surface area contributed by atoms with Crippen molar-refractivity contribution < 1.29 is 9.47 Å². The molecule has 0 saturated carbocycles. The molecule has 0 radical (unpaired) electrons. The second-order valence-electron chi connectivity index (χ2n) is 5.90. The van der Waals surface area contributed by atoms with Gasteiger partial charge in [0.2, 0.25) is 0 Å². The van der Waals surface area contributed by atoms with Gasteiger partial charge in [-0.1, -0.05) is 0 Å². The number of methoxy groups -OCH3 is 1. The molecule has 1 aliphatic heterocycles. The average Bonchev–Trinajstić information content (AvgIpc) is 2.97. The number of likely N-dealkylation sites (tertiary alicyclic amines) is 1. The molecule has 0 N–H and O–H groups in total. The van der Waals surface area contributed by atoms with Crippen LogP contribution < -0.4 is 4.74 Å². The van der Waals surface area contributed by atoms with Crippen molar-refractivity contribution in [3.05, 3.63) is 30.7 Å². The fourth-order valence-corrected chi connectivity index (χ4v) is 2.73. The summed E-state index contributed by atoms with van der Waals surface area (Å²) in [5.41, 5.74) is 0.977. The van der Waals surface area contributed by atoms with E-state index < -0.39 is 0 Å². The molecule has 5 heteroatoms. The zero-order valence-electron chi connectivity index (χ0n) is 12.8. The lowest BCUT2D eigenvalue weighted by atomic mass is 9.93. The van der Waals surface area contributed by atoms with Crippen LogP contribution in [0.4, 0.5) is 0 Å². The fourth-order valence-electron chi connectivity index (χ4n) is 2.73. The van der Waals surface area contributed by atoms with Crippen LogP contribution in [0.3, 0.4) is 0 Å². The van der Waals surface area contributed by atoms with E-state index in [0.29, 0.717) is 6.61 Å². The molecular formula is C16H23N3O2. The van der Waals surface area contributed by atoms with Gasteiger partial charge < -0.3 is 13.9 Å². The topological polar surface area (TPSA) is 39.0 Å². The first-order valence-corrected chi connectivity index (χ1v) is 7.52. The molecule has 0 bridgehead atoms. The van der Waals surface area contributed by atoms with Crippen molar-refractivity contribution in [2.24, 2.45) is 0 Å². The van der Waals surface area contributed by atoms with E-state index >= 15 is 0 Å². The molecule has 2 aromatic heterocycles. The molecular weight excluding hydrogens is 266 g/mol. The molecule has 114 valence electrons. The maximum atomic E-state index is 5.84. The van der Waals surface area contributed by atoms with Crippen LogP contribution in [-0.2, 0) is 4.74 Å². The number of hydrogen-bond donors (Lipinski definition) is 0. The van der Waals surface area contributed by atoms with Gasteiger partial charge in [-0.05, 0) is 25.8 Å². The van der Waals surface area contributed by atoms with E-state index in [-0.39, 0.29) is 5.60 Å². The van der Waals surface area contributed by atoms with Gasteiger partial charge in [-0.3, -0.25) is 4.90 Å². The predicted molar refractivity (Wildman–Crippen MR) is 81.8 cm³/mol. The molecule has 0 aromatic carbocycles. The first-order valence-electron chi connectivity index (χ1n) is 7.52. The van der Waals surface area contributed by atoms with Crippen molar-refractivity contribution in [1.29, 1.82) is 0 Å². The molecule has 3 rings (SSSR count). The van der Waals surface area contributed by atoms with Crippen molar-refractivity contribution in [2.75, 3.05) is 33.4 Å². The van der Waals surface area contributed by atoms with Crippen molar-refractivity contribution in [2.45, 2.75) is 25.4 Å². The van der Waals surface area contributed by atoms with E-state index in [2.05, 4.69) is 16.8 Å². The van der Waals surface area contributed by atoms with Crippen LogP contribution >= 0.6 is 0 Å². The van der Waals surface area contributed by atoms with Crippen LogP contribution in [0.15, 0.2) is 30.7 Å². The summed E-state index contributed by atoms with van der Waals surface area (Å²) >= 11 is 0. The Labute approximate surface area is 125 Å². The Balaban J connectivity index is 1.46. The number of pyridine rings is 1. The lowest BCUT2D eigenvalue weighted by molar-refractivity contribution is -0.0439. The largest absolute Gasteiger partial charge is 0.492 e. The Kier molecular flexibility index (Phi) is 4.12. The van der Waals surface area contributed by atoms with Crippen LogP contribution in [-0.4, -0.2) is 53.2 Å². The Hall–Kier alpha value is -1.59. The number of hydrogen-bond acceptors (Lipinski definition) is 4. The number of imidazole rings is 1. The van der Waals surface area contributed by atoms with Gasteiger partial charge in [-0.15, -0.1) is 0 Å². The highest BCUT2D eigenvalue weighted by atomic mass is 16.5. The number of fused-ring (bicyclic) bond motifs is 1. The van der Waals surface area contributed by atoms with Gasteiger partial charge >= 0.3 is 0 Å². The third-order valence-electron chi connectivity index (χ3n) is 4.45. The first-order chi connectivity index (χ1) is 10.2. The van der Waals surface area contributed by atoms with E-state index in [1.165, 1.54) is 0 Å². The third-order valence-corrected chi connectivity index (χ3v) is 4.45. The van der Waals surface area contributed by atoms with E-state index in [9.17, 15) is 0 Å². The maximum Gasteiger partial charge on any atom is 0.140 e. The van der Waals surface area contributed by atoms with Crippen molar-refractivity contribution in [3.63, 3.8) is 0 Å². The van der Waals surface area contributed by atoms with Gasteiger partial charge in [0, 0.05) is 51.4 Å². The molecule has 0 amide bonds. The Morgan fingerprint density at radius 2 is 2.10 bits per heavy atom. The Morgan fingerprint density at radius 1 is 1.29 bits per heavy atom. The summed E-state index contributed by atoms with van der Waals surface area (Å²) in [6.45, 7) is 6.01. The van der Waals surface area contributed by atoms with Crippen LogP contribution in [0, 0.1) is 0 Å². The highest BCUT2D eigenvalue weighted by molar-refractivity contribution is 5.43. The summed E-state index contributed by atoms with van der Waals surface area (Å²) in [6, 6.07) is 3.95. The van der Waals surface area contributed by atoms with Crippen LogP contribution in [0.1, 0.15) is 19.8 Å². The quantitative estimate of drug-likeness (QED) is 0.846. The normalized spacial score (nSPS) is 19.0. The molecule has 0 atom stereocenters.